The number of guanidine groups is 1. The van der Waals surface area contributed by atoms with E-state index in [2.05, 4.69) is 0 Å². The highest BCUT2D eigenvalue weighted by Gasteiger charge is 2.44. The molecule has 218 valence electrons. The number of ether oxygens (including phenoxy) is 1. The Morgan fingerprint density at radius 3 is 2.49 bits per heavy atom. The molecule has 0 fully saturated rings. The lowest BCUT2D eigenvalue weighted by atomic mass is 9.87. The van der Waals surface area contributed by atoms with E-state index >= 15 is 0 Å². The van der Waals surface area contributed by atoms with Gasteiger partial charge in [-0.15, -0.1) is 0 Å². The number of aryl methyl sites for hydroxylation is 1. The number of nitrogens with zero attached hydrogens (tertiary/aromatic N) is 4. The van der Waals surface area contributed by atoms with Crippen LogP contribution in [0.4, 0.5) is 23.7 Å². The van der Waals surface area contributed by atoms with Crippen molar-refractivity contribution in [1.82, 2.24) is 9.21 Å². The van der Waals surface area contributed by atoms with Crippen LogP contribution in [-0.2, 0) is 33.1 Å². The second kappa shape index (κ2) is 12.5. The predicted molar refractivity (Wildman–Crippen MR) is 147 cm³/mol. The highest BCUT2D eigenvalue weighted by Crippen LogP contribution is 2.42. The van der Waals surface area contributed by atoms with E-state index in [1.807, 2.05) is 6.07 Å². The molecule has 2 aromatic rings. The number of esters is 1. The topological polar surface area (TPSA) is 144 Å². The third-order valence-corrected chi connectivity index (χ3v) is 7.76. The average molecular weight is 591 g/mol. The molecule has 41 heavy (non-hydrogen) atoms. The summed E-state index contributed by atoms with van der Waals surface area (Å²) in [6.45, 7) is 1.86. The summed E-state index contributed by atoms with van der Waals surface area (Å²) in [4.78, 5) is 27.9. The molecule has 1 aliphatic rings. The fraction of sp³-hybridized carbons (Fsp3) is 0.333. The van der Waals surface area contributed by atoms with Crippen LogP contribution in [0, 0.1) is 16.7 Å². The van der Waals surface area contributed by atoms with Crippen LogP contribution in [0.3, 0.4) is 0 Å². The van der Waals surface area contributed by atoms with Crippen molar-refractivity contribution < 1.29 is 31.7 Å². The molecular formula is C27H29F3N6O4S. The van der Waals surface area contributed by atoms with Crippen LogP contribution in [0.15, 0.2) is 53.7 Å². The maximum Gasteiger partial charge on any atom is 0.416 e. The molecule has 2 amide bonds. The summed E-state index contributed by atoms with van der Waals surface area (Å²) in [6.07, 6.45) is -2.32. The number of nitriles is 1. The lowest BCUT2D eigenvalue weighted by Gasteiger charge is -2.43. The molecule has 14 heteroatoms. The number of nitrogens with two attached hydrogens (primary N) is 1. The van der Waals surface area contributed by atoms with Gasteiger partial charge in [-0.3, -0.25) is 15.2 Å². The molecule has 1 heterocycles. The summed E-state index contributed by atoms with van der Waals surface area (Å²) in [7, 11) is 1.59. The van der Waals surface area contributed by atoms with Crippen molar-refractivity contribution in [3.8, 4) is 6.07 Å². The first-order valence-corrected chi connectivity index (χ1v) is 13.8. The van der Waals surface area contributed by atoms with Gasteiger partial charge in [0.25, 0.3) is 0 Å². The van der Waals surface area contributed by atoms with Crippen molar-refractivity contribution in [2.24, 2.45) is 5.73 Å². The minimum atomic E-state index is -4.68. The molecule has 3 N–H and O–H groups in total. The van der Waals surface area contributed by atoms with Crippen LogP contribution in [0.25, 0.3) is 0 Å². The Labute approximate surface area is 237 Å². The molecule has 0 saturated carbocycles. The normalized spacial score (nSPS) is 16.6. The van der Waals surface area contributed by atoms with E-state index in [1.165, 1.54) is 25.3 Å². The highest BCUT2D eigenvalue weighted by molar-refractivity contribution is 7.81. The number of carbonyl (C=O) groups is 2. The first kappa shape index (κ1) is 31.3. The number of nitrogens with one attached hydrogen (secondary N) is 1. The van der Waals surface area contributed by atoms with Gasteiger partial charge in [0.1, 0.15) is 6.04 Å². The number of methoxy groups -OCH3 is 1. The maximum atomic E-state index is 13.5. The van der Waals surface area contributed by atoms with Crippen molar-refractivity contribution in [2.75, 3.05) is 31.9 Å². The molecule has 2 aromatic carbocycles. The molecular weight excluding hydrogens is 561 g/mol. The largest absolute Gasteiger partial charge is 0.466 e. The number of allylic oxidation sites excluding steroid dienone is 1. The van der Waals surface area contributed by atoms with Crippen molar-refractivity contribution in [2.45, 2.75) is 32.0 Å². The van der Waals surface area contributed by atoms with Crippen molar-refractivity contribution in [1.29, 1.82) is 10.7 Å². The summed E-state index contributed by atoms with van der Waals surface area (Å²) >= 11 is 0. The standard InChI is InChI=1S/C27H29F3N6O4S/c1-16-22(24(37)40-3)23(21-11-10-17(15-31)13-18(21)7-6-12-34(2)41(4)39)36(26(33)38)25(32)35(16)20-9-5-8-19(14-20)27(28,29)30/h5,8-11,13-14,23,32H,6-7,12H2,1-4H3,(H2,33,38)/t23-,41?/m1/s1. The molecule has 0 bridgehead atoms. The Morgan fingerprint density at radius 1 is 1.24 bits per heavy atom. The number of hydrogen-bond acceptors (Lipinski definition) is 6. The van der Waals surface area contributed by atoms with Gasteiger partial charge in [-0.2, -0.15) is 18.4 Å². The van der Waals surface area contributed by atoms with Gasteiger partial charge in [-0.05, 0) is 68.3 Å². The summed E-state index contributed by atoms with van der Waals surface area (Å²) < 4.78 is 58.9. The average Bonchev–Trinajstić information content (AvgIpc) is 2.91. The Kier molecular flexibility index (Phi) is 9.57. The van der Waals surface area contributed by atoms with Crippen LogP contribution in [0.5, 0.6) is 0 Å². The first-order valence-electron chi connectivity index (χ1n) is 12.2. The van der Waals surface area contributed by atoms with Crippen molar-refractivity contribution >= 4 is 34.6 Å². The maximum absolute atomic E-state index is 13.5. The molecule has 1 unspecified atom stereocenters. The van der Waals surface area contributed by atoms with Crippen LogP contribution in [0.2, 0.25) is 0 Å². The number of amides is 2. The number of benzene rings is 2. The molecule has 10 nitrogen and oxygen atoms in total. The lowest BCUT2D eigenvalue weighted by Crippen LogP contribution is -2.55. The molecule has 3 rings (SSSR count). The van der Waals surface area contributed by atoms with Gasteiger partial charge in [-0.25, -0.2) is 18.1 Å². The molecule has 0 saturated heterocycles. The minimum Gasteiger partial charge on any atom is -0.466 e. The second-order valence-electron chi connectivity index (χ2n) is 9.21. The lowest BCUT2D eigenvalue weighted by molar-refractivity contribution is -0.138. The van der Waals surface area contributed by atoms with Gasteiger partial charge < -0.3 is 10.5 Å². The van der Waals surface area contributed by atoms with Crippen LogP contribution in [-0.4, -0.2) is 58.3 Å². The van der Waals surface area contributed by atoms with Gasteiger partial charge in [-0.1, -0.05) is 12.1 Å². The Bertz CT molecular complexity index is 1470. The minimum absolute atomic E-state index is 0.0556. The van der Waals surface area contributed by atoms with Crippen LogP contribution < -0.4 is 10.6 Å². The highest BCUT2D eigenvalue weighted by atomic mass is 32.2. The molecule has 0 aliphatic carbocycles. The third-order valence-electron chi connectivity index (χ3n) is 6.70. The number of carbonyl (C=O) groups excluding carboxylic acids is 2. The summed E-state index contributed by atoms with van der Waals surface area (Å²) in [5, 5.41) is 18.4. The molecule has 1 aliphatic heterocycles. The fourth-order valence-electron chi connectivity index (χ4n) is 4.65. The fourth-order valence-corrected chi connectivity index (χ4v) is 5.03. The molecule has 0 spiro atoms. The van der Waals surface area contributed by atoms with Gasteiger partial charge in [0, 0.05) is 24.2 Å². The van der Waals surface area contributed by atoms with Gasteiger partial charge in [0.15, 0.2) is 0 Å². The van der Waals surface area contributed by atoms with Gasteiger partial charge in [0.05, 0.1) is 40.9 Å². The second-order valence-corrected chi connectivity index (χ2v) is 10.7. The molecule has 0 aromatic heterocycles. The van der Waals surface area contributed by atoms with Crippen LogP contribution >= 0.6 is 0 Å². The summed E-state index contributed by atoms with van der Waals surface area (Å²) in [6, 6.07) is 8.36. The zero-order valence-corrected chi connectivity index (χ0v) is 23.6. The zero-order valence-electron chi connectivity index (χ0n) is 22.8. The van der Waals surface area contributed by atoms with Gasteiger partial charge in [0.2, 0.25) is 5.96 Å². The number of halogens is 3. The number of anilines is 1. The van der Waals surface area contributed by atoms with E-state index in [0.29, 0.717) is 36.1 Å². The molecule has 0 radical (unpaired) electrons. The monoisotopic (exact) mass is 590 g/mol. The third kappa shape index (κ3) is 6.58. The molecule has 2 atom stereocenters. The van der Waals surface area contributed by atoms with Crippen molar-refractivity contribution in [3.05, 3.63) is 76.0 Å². The smallest absolute Gasteiger partial charge is 0.416 e. The number of rotatable bonds is 8. The van der Waals surface area contributed by atoms with E-state index in [-0.39, 0.29) is 17.0 Å². The number of urea groups is 1. The predicted octanol–water partition coefficient (Wildman–Crippen LogP) is 4.06. The zero-order chi connectivity index (χ0) is 30.6. The first-order chi connectivity index (χ1) is 19.2. The number of alkyl halides is 3. The Morgan fingerprint density at radius 2 is 1.93 bits per heavy atom. The Hall–Kier alpha value is -4.22. The van der Waals surface area contributed by atoms with E-state index in [1.54, 1.807) is 23.5 Å². The number of primary amides is 1. The quantitative estimate of drug-likeness (QED) is 0.444. The van der Waals surface area contributed by atoms with Crippen molar-refractivity contribution in [3.63, 3.8) is 0 Å². The SMILES string of the molecule is COC(=O)C1=C(C)N(c2cccc(C(F)(F)F)c2)C(=N)N(C(N)=O)[C@@H]1c1ccc(C#N)cc1CCCN(C)S(C)=O. The Balaban J connectivity index is 2.25. The van der Waals surface area contributed by atoms with E-state index < -0.39 is 46.7 Å². The van der Waals surface area contributed by atoms with E-state index in [4.69, 9.17) is 15.9 Å². The van der Waals surface area contributed by atoms with Gasteiger partial charge >= 0.3 is 18.2 Å². The van der Waals surface area contributed by atoms with Crippen LogP contribution in [0.1, 0.15) is 41.6 Å². The van der Waals surface area contributed by atoms with E-state index in [9.17, 15) is 32.2 Å². The summed E-state index contributed by atoms with van der Waals surface area (Å²) in [5.41, 5.74) is 5.78. The number of hydrogen-bond donors (Lipinski definition) is 2. The summed E-state index contributed by atoms with van der Waals surface area (Å²) in [5.74, 6) is -1.47. The van der Waals surface area contributed by atoms with E-state index in [0.717, 1.165) is 35.1 Å².